The second kappa shape index (κ2) is 7.43. The van der Waals surface area contributed by atoms with Crippen molar-refractivity contribution in [3.8, 4) is 5.75 Å². The van der Waals surface area contributed by atoms with Gasteiger partial charge in [0.1, 0.15) is 5.75 Å². The van der Waals surface area contributed by atoms with Gasteiger partial charge >= 0.3 is 0 Å². The summed E-state index contributed by atoms with van der Waals surface area (Å²) >= 11 is 5.87. The Hall–Kier alpha value is -1.75. The molecule has 0 radical (unpaired) electrons. The van der Waals surface area contributed by atoms with Gasteiger partial charge in [0.05, 0.1) is 5.92 Å². The average Bonchev–Trinajstić information content (AvgIpc) is 2.55. The molecule has 0 aromatic heterocycles. The van der Waals surface area contributed by atoms with Crippen LogP contribution in [0.1, 0.15) is 26.7 Å². The zero-order valence-electron chi connectivity index (χ0n) is 14.7. The highest BCUT2D eigenvalue weighted by molar-refractivity contribution is 6.30. The minimum atomic E-state index is -1.00. The second-order valence-corrected chi connectivity index (χ2v) is 7.33. The Labute approximate surface area is 148 Å². The third kappa shape index (κ3) is 4.41. The van der Waals surface area contributed by atoms with E-state index in [0.717, 1.165) is 12.8 Å². The number of ether oxygens (including phenoxy) is 1. The molecule has 1 aliphatic rings. The van der Waals surface area contributed by atoms with E-state index >= 15 is 0 Å². The summed E-state index contributed by atoms with van der Waals surface area (Å²) < 4.78 is 5.87. The van der Waals surface area contributed by atoms with Crippen LogP contribution in [-0.4, -0.2) is 54.4 Å². The number of rotatable bonds is 4. The van der Waals surface area contributed by atoms with E-state index in [1.165, 1.54) is 0 Å². The maximum atomic E-state index is 12.9. The van der Waals surface area contributed by atoms with E-state index in [-0.39, 0.29) is 17.7 Å². The molecule has 6 heteroatoms. The van der Waals surface area contributed by atoms with Crippen LogP contribution in [0.3, 0.4) is 0 Å². The second-order valence-electron chi connectivity index (χ2n) is 6.89. The van der Waals surface area contributed by atoms with Crippen LogP contribution in [0.5, 0.6) is 5.75 Å². The molecule has 5 nitrogen and oxygen atoms in total. The lowest BCUT2D eigenvalue weighted by Crippen LogP contribution is -2.53. The van der Waals surface area contributed by atoms with E-state index in [0.29, 0.717) is 23.9 Å². The summed E-state index contributed by atoms with van der Waals surface area (Å²) in [5, 5.41) is 0.618. The summed E-state index contributed by atoms with van der Waals surface area (Å²) in [5.41, 5.74) is -1.00. The minimum Gasteiger partial charge on any atom is -0.478 e. The lowest BCUT2D eigenvalue weighted by Gasteiger charge is -2.37. The fourth-order valence-corrected chi connectivity index (χ4v) is 3.08. The molecule has 1 aromatic carbocycles. The molecule has 2 rings (SSSR count). The fourth-order valence-electron chi connectivity index (χ4n) is 2.95. The van der Waals surface area contributed by atoms with Crippen molar-refractivity contribution in [2.75, 3.05) is 27.2 Å². The van der Waals surface area contributed by atoms with Crippen LogP contribution < -0.4 is 4.74 Å². The minimum absolute atomic E-state index is 0.0731. The standard InChI is InChI=1S/C18H25ClN2O3/c1-18(2,24-15-9-7-14(19)8-10-15)17(23)21-11-5-6-13(12-21)16(22)20(3)4/h7-10,13H,5-6,11-12H2,1-4H3. The molecular formula is C18H25ClN2O3. The monoisotopic (exact) mass is 352 g/mol. The largest absolute Gasteiger partial charge is 0.478 e. The predicted molar refractivity (Wildman–Crippen MR) is 94.2 cm³/mol. The average molecular weight is 353 g/mol. The molecule has 1 heterocycles. The van der Waals surface area contributed by atoms with Crippen LogP contribution in [-0.2, 0) is 9.59 Å². The van der Waals surface area contributed by atoms with Gasteiger partial charge in [-0.15, -0.1) is 0 Å². The molecule has 1 fully saturated rings. The third-order valence-electron chi connectivity index (χ3n) is 4.20. The molecular weight excluding hydrogens is 328 g/mol. The molecule has 2 amide bonds. The first-order valence-corrected chi connectivity index (χ1v) is 8.53. The van der Waals surface area contributed by atoms with Crippen molar-refractivity contribution in [1.82, 2.24) is 9.80 Å². The topological polar surface area (TPSA) is 49.9 Å². The van der Waals surface area contributed by atoms with Gasteiger partial charge in [-0.3, -0.25) is 9.59 Å². The van der Waals surface area contributed by atoms with Gasteiger partial charge in [0.2, 0.25) is 5.91 Å². The van der Waals surface area contributed by atoms with Crippen molar-refractivity contribution < 1.29 is 14.3 Å². The van der Waals surface area contributed by atoms with Gasteiger partial charge in [0.25, 0.3) is 5.91 Å². The molecule has 1 saturated heterocycles. The van der Waals surface area contributed by atoms with Gasteiger partial charge in [-0.05, 0) is 51.0 Å². The number of benzene rings is 1. The quantitative estimate of drug-likeness (QED) is 0.837. The molecule has 24 heavy (non-hydrogen) atoms. The van der Waals surface area contributed by atoms with Gasteiger partial charge in [-0.25, -0.2) is 0 Å². The van der Waals surface area contributed by atoms with Crippen LogP contribution in [0.15, 0.2) is 24.3 Å². The van der Waals surface area contributed by atoms with Gasteiger partial charge in [0.15, 0.2) is 5.60 Å². The van der Waals surface area contributed by atoms with Crippen LogP contribution in [0.2, 0.25) is 5.02 Å². The van der Waals surface area contributed by atoms with E-state index in [9.17, 15) is 9.59 Å². The van der Waals surface area contributed by atoms with Crippen molar-refractivity contribution in [2.24, 2.45) is 5.92 Å². The predicted octanol–water partition coefficient (Wildman–Crippen LogP) is 2.82. The Morgan fingerprint density at radius 2 is 1.88 bits per heavy atom. The first-order valence-electron chi connectivity index (χ1n) is 8.16. The van der Waals surface area contributed by atoms with E-state index in [1.807, 2.05) is 0 Å². The highest BCUT2D eigenvalue weighted by Gasteiger charge is 2.38. The summed E-state index contributed by atoms with van der Waals surface area (Å²) in [7, 11) is 3.49. The van der Waals surface area contributed by atoms with Gasteiger partial charge in [-0.2, -0.15) is 0 Å². The number of halogens is 1. The molecule has 1 unspecified atom stereocenters. The first-order chi connectivity index (χ1) is 11.2. The molecule has 1 atom stereocenters. The number of hydrogen-bond acceptors (Lipinski definition) is 3. The number of nitrogens with zero attached hydrogens (tertiary/aromatic N) is 2. The highest BCUT2D eigenvalue weighted by atomic mass is 35.5. The van der Waals surface area contributed by atoms with Gasteiger partial charge in [0, 0.05) is 32.2 Å². The first kappa shape index (κ1) is 18.6. The maximum Gasteiger partial charge on any atom is 0.266 e. The Balaban J connectivity index is 2.05. The number of carbonyl (C=O) groups excluding carboxylic acids is 2. The molecule has 132 valence electrons. The maximum absolute atomic E-state index is 12.9. The molecule has 0 aliphatic carbocycles. The Kier molecular flexibility index (Phi) is 5.75. The lowest BCUT2D eigenvalue weighted by atomic mass is 9.95. The Morgan fingerprint density at radius 1 is 1.25 bits per heavy atom. The normalized spacial score (nSPS) is 18.2. The molecule has 0 bridgehead atoms. The molecule has 1 aliphatic heterocycles. The number of carbonyl (C=O) groups is 2. The zero-order valence-corrected chi connectivity index (χ0v) is 15.5. The Bertz CT molecular complexity index is 599. The summed E-state index contributed by atoms with van der Waals surface area (Å²) in [6.07, 6.45) is 1.65. The van der Waals surface area contributed by atoms with Gasteiger partial charge in [-0.1, -0.05) is 11.6 Å². The third-order valence-corrected chi connectivity index (χ3v) is 4.45. The van der Waals surface area contributed by atoms with Crippen molar-refractivity contribution in [2.45, 2.75) is 32.3 Å². The number of piperidine rings is 1. The van der Waals surface area contributed by atoms with Crippen LogP contribution >= 0.6 is 11.6 Å². The molecule has 1 aromatic rings. The summed E-state index contributed by atoms with van der Waals surface area (Å²) in [6, 6.07) is 6.94. The summed E-state index contributed by atoms with van der Waals surface area (Å²) in [6.45, 7) is 4.61. The van der Waals surface area contributed by atoms with Gasteiger partial charge < -0.3 is 14.5 Å². The smallest absolute Gasteiger partial charge is 0.266 e. The van der Waals surface area contributed by atoms with E-state index in [1.54, 1.807) is 62.0 Å². The van der Waals surface area contributed by atoms with E-state index in [4.69, 9.17) is 16.3 Å². The summed E-state index contributed by atoms with van der Waals surface area (Å²) in [4.78, 5) is 28.4. The van der Waals surface area contributed by atoms with Crippen molar-refractivity contribution in [3.63, 3.8) is 0 Å². The lowest BCUT2D eigenvalue weighted by molar-refractivity contribution is -0.149. The SMILES string of the molecule is CN(C)C(=O)C1CCCN(C(=O)C(C)(C)Oc2ccc(Cl)cc2)C1. The molecule has 0 N–H and O–H groups in total. The fraction of sp³-hybridized carbons (Fsp3) is 0.556. The number of hydrogen-bond donors (Lipinski definition) is 0. The van der Waals surface area contributed by atoms with Crippen LogP contribution in [0.25, 0.3) is 0 Å². The van der Waals surface area contributed by atoms with Crippen molar-refractivity contribution in [1.29, 1.82) is 0 Å². The van der Waals surface area contributed by atoms with E-state index < -0.39 is 5.60 Å². The van der Waals surface area contributed by atoms with E-state index in [2.05, 4.69) is 0 Å². The summed E-state index contributed by atoms with van der Waals surface area (Å²) in [5.74, 6) is 0.428. The van der Waals surface area contributed by atoms with Crippen LogP contribution in [0, 0.1) is 5.92 Å². The molecule has 0 spiro atoms. The zero-order chi connectivity index (χ0) is 17.9. The van der Waals surface area contributed by atoms with Crippen LogP contribution in [0.4, 0.5) is 0 Å². The number of amides is 2. The Morgan fingerprint density at radius 3 is 2.46 bits per heavy atom. The highest BCUT2D eigenvalue weighted by Crippen LogP contribution is 2.25. The van der Waals surface area contributed by atoms with Crippen molar-refractivity contribution in [3.05, 3.63) is 29.3 Å². The van der Waals surface area contributed by atoms with Crippen molar-refractivity contribution >= 4 is 23.4 Å². The number of likely N-dealkylation sites (tertiary alicyclic amines) is 1. The molecule has 0 saturated carbocycles.